The number of nitrogens with zero attached hydrogens (tertiary/aromatic N) is 2. The number of ether oxygens (including phenoxy) is 1. The standard InChI is InChI=1S/C9H15N3O2S2/c1-3-7-11-9(16-12-7)15-5-6(10)8(13)14-4-2/h6H,3-5,10H2,1-2H3. The molecule has 1 unspecified atom stereocenters. The van der Waals surface area contributed by atoms with Crippen molar-refractivity contribution in [1.29, 1.82) is 0 Å². The first-order valence-electron chi connectivity index (χ1n) is 5.05. The number of hydrogen-bond donors (Lipinski definition) is 1. The van der Waals surface area contributed by atoms with Crippen molar-refractivity contribution in [2.75, 3.05) is 12.4 Å². The van der Waals surface area contributed by atoms with Crippen molar-refractivity contribution in [2.45, 2.75) is 30.6 Å². The van der Waals surface area contributed by atoms with Crippen molar-refractivity contribution in [1.82, 2.24) is 9.36 Å². The topological polar surface area (TPSA) is 78.1 Å². The van der Waals surface area contributed by atoms with Crippen LogP contribution in [0.3, 0.4) is 0 Å². The summed E-state index contributed by atoms with van der Waals surface area (Å²) < 4.78 is 9.80. The lowest BCUT2D eigenvalue weighted by Crippen LogP contribution is -2.34. The molecule has 0 saturated carbocycles. The zero-order valence-electron chi connectivity index (χ0n) is 9.30. The van der Waals surface area contributed by atoms with E-state index >= 15 is 0 Å². The van der Waals surface area contributed by atoms with Gasteiger partial charge in [-0.3, -0.25) is 4.79 Å². The molecule has 0 aromatic carbocycles. The number of nitrogens with two attached hydrogens (primary N) is 1. The third-order valence-electron chi connectivity index (χ3n) is 1.74. The maximum atomic E-state index is 11.2. The Balaban J connectivity index is 2.36. The first-order chi connectivity index (χ1) is 7.67. The van der Waals surface area contributed by atoms with Gasteiger partial charge in [-0.1, -0.05) is 18.7 Å². The number of carbonyl (C=O) groups is 1. The van der Waals surface area contributed by atoms with E-state index in [1.54, 1.807) is 6.92 Å². The number of thioether (sulfide) groups is 1. The molecular formula is C9H15N3O2S2. The highest BCUT2D eigenvalue weighted by molar-refractivity contribution is 8.01. The fourth-order valence-electron chi connectivity index (χ4n) is 0.919. The highest BCUT2D eigenvalue weighted by atomic mass is 32.2. The maximum Gasteiger partial charge on any atom is 0.323 e. The Bertz CT molecular complexity index is 343. The Kier molecular flexibility index (Phi) is 5.72. The summed E-state index contributed by atoms with van der Waals surface area (Å²) in [6.07, 6.45) is 0.820. The second kappa shape index (κ2) is 6.82. The molecule has 0 aliphatic rings. The monoisotopic (exact) mass is 261 g/mol. The highest BCUT2D eigenvalue weighted by Gasteiger charge is 2.15. The fourth-order valence-corrected chi connectivity index (χ4v) is 2.57. The Morgan fingerprint density at radius 2 is 2.38 bits per heavy atom. The van der Waals surface area contributed by atoms with Crippen LogP contribution in [0.25, 0.3) is 0 Å². The maximum absolute atomic E-state index is 11.2. The van der Waals surface area contributed by atoms with E-state index in [0.29, 0.717) is 12.4 Å². The van der Waals surface area contributed by atoms with Crippen LogP contribution >= 0.6 is 23.3 Å². The van der Waals surface area contributed by atoms with Crippen LogP contribution in [0.2, 0.25) is 0 Å². The molecule has 5 nitrogen and oxygen atoms in total. The summed E-state index contributed by atoms with van der Waals surface area (Å²) in [7, 11) is 0. The molecule has 90 valence electrons. The molecule has 7 heteroatoms. The van der Waals surface area contributed by atoms with Crippen LogP contribution in [0.1, 0.15) is 19.7 Å². The quantitative estimate of drug-likeness (QED) is 0.610. The van der Waals surface area contributed by atoms with Crippen LogP contribution in [-0.4, -0.2) is 33.7 Å². The molecule has 16 heavy (non-hydrogen) atoms. The summed E-state index contributed by atoms with van der Waals surface area (Å²) in [6, 6.07) is -0.598. The van der Waals surface area contributed by atoms with Crippen molar-refractivity contribution in [2.24, 2.45) is 5.73 Å². The first-order valence-corrected chi connectivity index (χ1v) is 6.80. The zero-order valence-corrected chi connectivity index (χ0v) is 10.9. The number of rotatable bonds is 6. The van der Waals surface area contributed by atoms with Gasteiger partial charge in [0.15, 0.2) is 4.34 Å². The normalized spacial score (nSPS) is 12.4. The Hall–Kier alpha value is -0.660. The lowest BCUT2D eigenvalue weighted by atomic mass is 10.4. The van der Waals surface area contributed by atoms with E-state index < -0.39 is 6.04 Å². The Morgan fingerprint density at radius 3 is 2.94 bits per heavy atom. The molecule has 0 aliphatic carbocycles. The van der Waals surface area contributed by atoms with Gasteiger partial charge in [0, 0.05) is 12.2 Å². The summed E-state index contributed by atoms with van der Waals surface area (Å²) in [6.45, 7) is 4.12. The molecule has 0 radical (unpaired) electrons. The van der Waals surface area contributed by atoms with Crippen LogP contribution in [0.5, 0.6) is 0 Å². The molecule has 1 rings (SSSR count). The van der Waals surface area contributed by atoms with Crippen LogP contribution in [0.15, 0.2) is 4.34 Å². The van der Waals surface area contributed by atoms with E-state index in [9.17, 15) is 4.79 Å². The van der Waals surface area contributed by atoms with E-state index in [2.05, 4.69) is 9.36 Å². The molecule has 1 atom stereocenters. The van der Waals surface area contributed by atoms with E-state index in [0.717, 1.165) is 16.6 Å². The summed E-state index contributed by atoms with van der Waals surface area (Å²) in [5.74, 6) is 0.935. The van der Waals surface area contributed by atoms with Crippen molar-refractivity contribution < 1.29 is 9.53 Å². The minimum Gasteiger partial charge on any atom is -0.465 e. The smallest absolute Gasteiger partial charge is 0.323 e. The Morgan fingerprint density at radius 1 is 1.62 bits per heavy atom. The average Bonchev–Trinajstić information content (AvgIpc) is 2.74. The highest BCUT2D eigenvalue weighted by Crippen LogP contribution is 2.20. The number of esters is 1. The zero-order chi connectivity index (χ0) is 12.0. The lowest BCUT2D eigenvalue weighted by Gasteiger charge is -2.08. The molecular weight excluding hydrogens is 246 g/mol. The number of hydrogen-bond acceptors (Lipinski definition) is 7. The number of carbonyl (C=O) groups excluding carboxylic acids is 1. The predicted molar refractivity (Wildman–Crippen MR) is 64.6 cm³/mol. The minimum absolute atomic E-state index is 0.357. The van der Waals surface area contributed by atoms with Gasteiger partial charge in [0.25, 0.3) is 0 Å². The van der Waals surface area contributed by atoms with Crippen molar-refractivity contribution in [3.63, 3.8) is 0 Å². The van der Waals surface area contributed by atoms with Gasteiger partial charge in [-0.2, -0.15) is 4.37 Å². The average molecular weight is 261 g/mol. The molecule has 1 heterocycles. The van der Waals surface area contributed by atoms with Gasteiger partial charge in [0.05, 0.1) is 6.61 Å². The van der Waals surface area contributed by atoms with Crippen molar-refractivity contribution in [3.05, 3.63) is 5.82 Å². The molecule has 0 spiro atoms. The summed E-state index contributed by atoms with van der Waals surface area (Å²) in [5, 5.41) is 0. The Labute approximate surface area is 103 Å². The molecule has 1 aromatic heterocycles. The second-order valence-electron chi connectivity index (χ2n) is 3.00. The summed E-state index contributed by atoms with van der Waals surface area (Å²) >= 11 is 2.77. The van der Waals surface area contributed by atoms with Crippen molar-refractivity contribution in [3.8, 4) is 0 Å². The number of aryl methyl sites for hydroxylation is 1. The fraction of sp³-hybridized carbons (Fsp3) is 0.667. The van der Waals surface area contributed by atoms with E-state index in [-0.39, 0.29) is 5.97 Å². The van der Waals surface area contributed by atoms with Crippen LogP contribution in [-0.2, 0) is 16.0 Å². The van der Waals surface area contributed by atoms with E-state index in [4.69, 9.17) is 10.5 Å². The molecule has 0 fully saturated rings. The molecule has 0 bridgehead atoms. The number of aromatic nitrogens is 2. The molecule has 0 saturated heterocycles. The van der Waals surface area contributed by atoms with Gasteiger partial charge < -0.3 is 10.5 Å². The van der Waals surface area contributed by atoms with Gasteiger partial charge in [0.2, 0.25) is 0 Å². The predicted octanol–water partition coefficient (Wildman–Crippen LogP) is 1.08. The van der Waals surface area contributed by atoms with E-state index in [1.165, 1.54) is 23.3 Å². The van der Waals surface area contributed by atoms with Gasteiger partial charge >= 0.3 is 5.97 Å². The van der Waals surface area contributed by atoms with Gasteiger partial charge in [-0.25, -0.2) is 4.98 Å². The van der Waals surface area contributed by atoms with Gasteiger partial charge in [-0.05, 0) is 18.5 Å². The molecule has 0 amide bonds. The molecule has 1 aromatic rings. The molecule has 0 aliphatic heterocycles. The third kappa shape index (κ3) is 4.07. The van der Waals surface area contributed by atoms with Gasteiger partial charge in [-0.15, -0.1) is 0 Å². The largest absolute Gasteiger partial charge is 0.465 e. The van der Waals surface area contributed by atoms with Crippen LogP contribution < -0.4 is 5.73 Å². The van der Waals surface area contributed by atoms with Crippen LogP contribution in [0, 0.1) is 0 Å². The van der Waals surface area contributed by atoms with E-state index in [1.807, 2.05) is 6.92 Å². The first kappa shape index (κ1) is 13.4. The third-order valence-corrected chi connectivity index (χ3v) is 3.73. The second-order valence-corrected chi connectivity index (χ2v) is 5.02. The summed E-state index contributed by atoms with van der Waals surface area (Å²) in [5.41, 5.74) is 5.65. The SMILES string of the molecule is CCOC(=O)C(N)CSc1nc(CC)ns1. The lowest BCUT2D eigenvalue weighted by molar-refractivity contribution is -0.144. The minimum atomic E-state index is -0.598. The van der Waals surface area contributed by atoms with Crippen LogP contribution in [0.4, 0.5) is 0 Å². The van der Waals surface area contributed by atoms with Crippen molar-refractivity contribution >= 4 is 29.3 Å². The molecule has 2 N–H and O–H groups in total. The summed E-state index contributed by atoms with van der Waals surface area (Å²) in [4.78, 5) is 15.5. The van der Waals surface area contributed by atoms with Gasteiger partial charge in [0.1, 0.15) is 11.9 Å².